The van der Waals surface area contributed by atoms with Gasteiger partial charge in [0.15, 0.2) is 0 Å². The van der Waals surface area contributed by atoms with E-state index >= 15 is 0 Å². The van der Waals surface area contributed by atoms with Crippen LogP contribution in [0.5, 0.6) is 0 Å². The second kappa shape index (κ2) is 5.98. The number of nitrogens with zero attached hydrogens (tertiary/aromatic N) is 2. The van der Waals surface area contributed by atoms with Crippen LogP contribution in [0.1, 0.15) is 31.7 Å². The van der Waals surface area contributed by atoms with Crippen molar-refractivity contribution in [2.24, 2.45) is 11.7 Å². The summed E-state index contributed by atoms with van der Waals surface area (Å²) in [7, 11) is 0. The highest BCUT2D eigenvalue weighted by atomic mass is 15.3. The first kappa shape index (κ1) is 14.9. The third kappa shape index (κ3) is 3.41. The molecule has 2 N–H and O–H groups in total. The SMILES string of the molecule is Cc1cccc(N2CCN(C(C)(CN)CC3CC3)CC2)c1. The zero-order chi connectivity index (χ0) is 14.9. The summed E-state index contributed by atoms with van der Waals surface area (Å²) in [4.78, 5) is 5.15. The van der Waals surface area contributed by atoms with E-state index in [0.717, 1.165) is 38.6 Å². The van der Waals surface area contributed by atoms with Crippen LogP contribution < -0.4 is 10.6 Å². The van der Waals surface area contributed by atoms with Crippen molar-refractivity contribution < 1.29 is 0 Å². The molecule has 1 atom stereocenters. The van der Waals surface area contributed by atoms with Crippen molar-refractivity contribution >= 4 is 5.69 Å². The molecule has 1 heterocycles. The molecule has 1 aromatic rings. The fourth-order valence-electron chi connectivity index (χ4n) is 3.61. The molecule has 1 aliphatic carbocycles. The fourth-order valence-corrected chi connectivity index (χ4v) is 3.61. The quantitative estimate of drug-likeness (QED) is 0.903. The van der Waals surface area contributed by atoms with Crippen LogP contribution in [0.25, 0.3) is 0 Å². The van der Waals surface area contributed by atoms with Crippen molar-refractivity contribution in [3.05, 3.63) is 29.8 Å². The molecule has 116 valence electrons. The lowest BCUT2D eigenvalue weighted by molar-refractivity contribution is 0.0890. The number of piperazine rings is 1. The Bertz CT molecular complexity index is 475. The molecule has 1 saturated heterocycles. The van der Waals surface area contributed by atoms with Gasteiger partial charge in [0, 0.05) is 44.0 Å². The van der Waals surface area contributed by atoms with Crippen molar-refractivity contribution in [3.8, 4) is 0 Å². The highest BCUT2D eigenvalue weighted by molar-refractivity contribution is 5.48. The van der Waals surface area contributed by atoms with E-state index in [2.05, 4.69) is 47.9 Å². The number of hydrogen-bond donors (Lipinski definition) is 1. The molecular weight excluding hydrogens is 258 g/mol. The smallest absolute Gasteiger partial charge is 0.0369 e. The molecule has 0 bridgehead atoms. The van der Waals surface area contributed by atoms with Crippen LogP contribution in [-0.4, -0.2) is 43.2 Å². The Morgan fingerprint density at radius 1 is 1.19 bits per heavy atom. The largest absolute Gasteiger partial charge is 0.369 e. The Hall–Kier alpha value is -1.06. The molecule has 0 radical (unpaired) electrons. The Labute approximate surface area is 129 Å². The first-order chi connectivity index (χ1) is 10.1. The third-order valence-electron chi connectivity index (χ3n) is 5.28. The molecule has 3 heteroatoms. The molecule has 1 aliphatic heterocycles. The standard InChI is InChI=1S/C18H29N3/c1-15-4-3-5-17(12-15)20-8-10-21(11-9-20)18(2,14-19)13-16-6-7-16/h3-5,12,16H,6-11,13-14,19H2,1-2H3. The van der Waals surface area contributed by atoms with Crippen LogP contribution in [0, 0.1) is 12.8 Å². The third-order valence-corrected chi connectivity index (χ3v) is 5.28. The van der Waals surface area contributed by atoms with Crippen LogP contribution in [0.4, 0.5) is 5.69 Å². The molecule has 0 spiro atoms. The first-order valence-electron chi connectivity index (χ1n) is 8.37. The predicted molar refractivity (Wildman–Crippen MR) is 89.8 cm³/mol. The van der Waals surface area contributed by atoms with Gasteiger partial charge in [0.25, 0.3) is 0 Å². The molecule has 1 unspecified atom stereocenters. The van der Waals surface area contributed by atoms with Crippen molar-refractivity contribution in [3.63, 3.8) is 0 Å². The molecule has 2 fully saturated rings. The Kier molecular flexibility index (Phi) is 4.23. The molecule has 2 aliphatic rings. The molecule has 0 aromatic heterocycles. The van der Waals surface area contributed by atoms with Gasteiger partial charge in [-0.25, -0.2) is 0 Å². The maximum atomic E-state index is 6.12. The zero-order valence-corrected chi connectivity index (χ0v) is 13.5. The van der Waals surface area contributed by atoms with Crippen molar-refractivity contribution in [1.82, 2.24) is 4.90 Å². The van der Waals surface area contributed by atoms with Crippen molar-refractivity contribution in [1.29, 1.82) is 0 Å². The Balaban J connectivity index is 1.61. The van der Waals surface area contributed by atoms with E-state index < -0.39 is 0 Å². The summed E-state index contributed by atoms with van der Waals surface area (Å²) in [6.07, 6.45) is 4.12. The van der Waals surface area contributed by atoms with Crippen LogP contribution in [-0.2, 0) is 0 Å². The van der Waals surface area contributed by atoms with E-state index in [9.17, 15) is 0 Å². The van der Waals surface area contributed by atoms with Gasteiger partial charge in [-0.05, 0) is 43.9 Å². The maximum absolute atomic E-state index is 6.12. The van der Waals surface area contributed by atoms with Crippen LogP contribution >= 0.6 is 0 Å². The molecule has 1 aromatic carbocycles. The number of hydrogen-bond acceptors (Lipinski definition) is 3. The average Bonchev–Trinajstić information content (AvgIpc) is 3.31. The molecular formula is C18H29N3. The minimum absolute atomic E-state index is 0.208. The van der Waals surface area contributed by atoms with Gasteiger partial charge in [-0.15, -0.1) is 0 Å². The first-order valence-corrected chi connectivity index (χ1v) is 8.37. The van der Waals surface area contributed by atoms with Gasteiger partial charge >= 0.3 is 0 Å². The van der Waals surface area contributed by atoms with E-state index in [1.807, 2.05) is 0 Å². The highest BCUT2D eigenvalue weighted by Crippen LogP contribution is 2.39. The summed E-state index contributed by atoms with van der Waals surface area (Å²) in [6.45, 7) is 9.82. The lowest BCUT2D eigenvalue weighted by Crippen LogP contribution is -2.59. The van der Waals surface area contributed by atoms with E-state index in [0.29, 0.717) is 0 Å². The maximum Gasteiger partial charge on any atom is 0.0369 e. The second-order valence-corrected chi connectivity index (χ2v) is 7.16. The van der Waals surface area contributed by atoms with Crippen LogP contribution in [0.3, 0.4) is 0 Å². The summed E-state index contributed by atoms with van der Waals surface area (Å²) in [5.41, 5.74) is 9.04. The second-order valence-electron chi connectivity index (χ2n) is 7.16. The number of nitrogens with two attached hydrogens (primary N) is 1. The van der Waals surface area contributed by atoms with E-state index in [1.165, 1.54) is 30.5 Å². The molecule has 1 saturated carbocycles. The van der Waals surface area contributed by atoms with Gasteiger partial charge in [-0.2, -0.15) is 0 Å². The fraction of sp³-hybridized carbons (Fsp3) is 0.667. The number of anilines is 1. The molecule has 3 rings (SSSR count). The topological polar surface area (TPSA) is 32.5 Å². The molecule has 21 heavy (non-hydrogen) atoms. The van der Waals surface area contributed by atoms with Gasteiger partial charge in [0.05, 0.1) is 0 Å². The zero-order valence-electron chi connectivity index (χ0n) is 13.5. The Morgan fingerprint density at radius 2 is 1.90 bits per heavy atom. The van der Waals surface area contributed by atoms with Gasteiger partial charge in [-0.3, -0.25) is 4.90 Å². The minimum Gasteiger partial charge on any atom is -0.369 e. The van der Waals surface area contributed by atoms with E-state index in [-0.39, 0.29) is 5.54 Å². The van der Waals surface area contributed by atoms with Crippen molar-refractivity contribution in [2.45, 2.75) is 38.6 Å². The lowest BCUT2D eigenvalue weighted by atomic mass is 9.91. The number of benzene rings is 1. The number of rotatable bonds is 5. The summed E-state index contributed by atoms with van der Waals surface area (Å²) in [5, 5.41) is 0. The van der Waals surface area contributed by atoms with E-state index in [4.69, 9.17) is 5.73 Å². The van der Waals surface area contributed by atoms with Gasteiger partial charge < -0.3 is 10.6 Å². The predicted octanol–water partition coefficient (Wildman–Crippen LogP) is 2.63. The van der Waals surface area contributed by atoms with Gasteiger partial charge in [0.2, 0.25) is 0 Å². The van der Waals surface area contributed by atoms with Gasteiger partial charge in [0.1, 0.15) is 0 Å². The lowest BCUT2D eigenvalue weighted by Gasteiger charge is -2.46. The summed E-state index contributed by atoms with van der Waals surface area (Å²) < 4.78 is 0. The van der Waals surface area contributed by atoms with Crippen molar-refractivity contribution in [2.75, 3.05) is 37.6 Å². The van der Waals surface area contributed by atoms with Gasteiger partial charge in [-0.1, -0.05) is 25.0 Å². The average molecular weight is 287 g/mol. The van der Waals surface area contributed by atoms with Crippen LogP contribution in [0.2, 0.25) is 0 Å². The summed E-state index contributed by atoms with van der Waals surface area (Å²) >= 11 is 0. The van der Waals surface area contributed by atoms with E-state index in [1.54, 1.807) is 0 Å². The summed E-state index contributed by atoms with van der Waals surface area (Å²) in [6, 6.07) is 8.85. The summed E-state index contributed by atoms with van der Waals surface area (Å²) in [5.74, 6) is 0.938. The minimum atomic E-state index is 0.208. The normalized spacial score (nSPS) is 23.1. The van der Waals surface area contributed by atoms with Crippen LogP contribution in [0.15, 0.2) is 24.3 Å². The number of aryl methyl sites for hydroxylation is 1. The highest BCUT2D eigenvalue weighted by Gasteiger charge is 2.38. The Morgan fingerprint density at radius 3 is 2.48 bits per heavy atom. The monoisotopic (exact) mass is 287 g/mol. The molecule has 3 nitrogen and oxygen atoms in total. The molecule has 0 amide bonds.